The van der Waals surface area contributed by atoms with Crippen LogP contribution in [0.25, 0.3) is 11.0 Å². The molecule has 5 heteroatoms. The third-order valence-electron chi connectivity index (χ3n) is 4.80. The van der Waals surface area contributed by atoms with Crippen LogP contribution in [0.3, 0.4) is 0 Å². The molecule has 4 nitrogen and oxygen atoms in total. The number of halogens is 1. The van der Waals surface area contributed by atoms with Gasteiger partial charge >= 0.3 is 0 Å². The summed E-state index contributed by atoms with van der Waals surface area (Å²) in [5.41, 5.74) is 2.72. The van der Waals surface area contributed by atoms with Gasteiger partial charge in [-0.2, -0.15) is 0 Å². The van der Waals surface area contributed by atoms with Gasteiger partial charge in [0.2, 0.25) is 0 Å². The first kappa shape index (κ1) is 16.0. The minimum absolute atomic E-state index is 0.0853. The Hall–Kier alpha value is -2.53. The van der Waals surface area contributed by atoms with Crippen molar-refractivity contribution in [1.29, 1.82) is 0 Å². The number of benzene rings is 2. The highest BCUT2D eigenvalue weighted by Gasteiger charge is 2.30. The van der Waals surface area contributed by atoms with E-state index in [0.29, 0.717) is 30.4 Å². The molecule has 0 N–H and O–H groups in total. The second-order valence-electron chi connectivity index (χ2n) is 6.64. The number of fused-ring (bicyclic) bond motifs is 1. The monoisotopic (exact) mass is 337 g/mol. The SMILES string of the molecule is Cn1c(=O)c(CN(Cc2ccccc2F)C2CC2)nc2ccccc21. The third-order valence-corrected chi connectivity index (χ3v) is 4.80. The maximum absolute atomic E-state index is 14.0. The molecule has 2 aromatic carbocycles. The Morgan fingerprint density at radius 3 is 2.60 bits per heavy atom. The van der Waals surface area contributed by atoms with Crippen LogP contribution in [0, 0.1) is 5.82 Å². The van der Waals surface area contributed by atoms with Crippen LogP contribution in [0.1, 0.15) is 24.1 Å². The lowest BCUT2D eigenvalue weighted by Gasteiger charge is -2.22. The normalized spacial score (nSPS) is 14.4. The summed E-state index contributed by atoms with van der Waals surface area (Å²) in [5.74, 6) is -0.201. The topological polar surface area (TPSA) is 38.1 Å². The maximum Gasteiger partial charge on any atom is 0.273 e. The minimum Gasteiger partial charge on any atom is -0.308 e. The Morgan fingerprint density at radius 2 is 1.84 bits per heavy atom. The van der Waals surface area contributed by atoms with Crippen molar-refractivity contribution in [3.8, 4) is 0 Å². The van der Waals surface area contributed by atoms with Gasteiger partial charge in [0, 0.05) is 31.7 Å². The molecule has 0 spiro atoms. The summed E-state index contributed by atoms with van der Waals surface area (Å²) in [6.07, 6.45) is 2.17. The number of nitrogens with zero attached hydrogens (tertiary/aromatic N) is 3. The smallest absolute Gasteiger partial charge is 0.273 e. The van der Waals surface area contributed by atoms with E-state index < -0.39 is 0 Å². The van der Waals surface area contributed by atoms with Gasteiger partial charge < -0.3 is 4.57 Å². The molecular weight excluding hydrogens is 317 g/mol. The molecule has 0 aliphatic heterocycles. The lowest BCUT2D eigenvalue weighted by atomic mass is 10.2. The quantitative estimate of drug-likeness (QED) is 0.717. The van der Waals surface area contributed by atoms with Crippen LogP contribution >= 0.6 is 0 Å². The summed E-state index contributed by atoms with van der Waals surface area (Å²) >= 11 is 0. The van der Waals surface area contributed by atoms with Gasteiger partial charge in [0.25, 0.3) is 5.56 Å². The van der Waals surface area contributed by atoms with E-state index in [2.05, 4.69) is 9.88 Å². The van der Waals surface area contributed by atoms with Crippen molar-refractivity contribution in [2.45, 2.75) is 32.0 Å². The van der Waals surface area contributed by atoms with Gasteiger partial charge in [-0.25, -0.2) is 9.37 Å². The zero-order valence-electron chi connectivity index (χ0n) is 14.2. The molecule has 0 atom stereocenters. The number of aromatic nitrogens is 2. The summed E-state index contributed by atoms with van der Waals surface area (Å²) in [7, 11) is 1.77. The van der Waals surface area contributed by atoms with Crippen LogP contribution in [-0.4, -0.2) is 20.5 Å². The minimum atomic E-state index is -0.201. The predicted octanol–water partition coefficient (Wildman–Crippen LogP) is 3.24. The molecule has 1 heterocycles. The molecule has 1 fully saturated rings. The Labute approximate surface area is 145 Å². The van der Waals surface area contributed by atoms with Crippen molar-refractivity contribution in [1.82, 2.24) is 14.5 Å². The first-order valence-electron chi connectivity index (χ1n) is 8.55. The van der Waals surface area contributed by atoms with Gasteiger partial charge in [0.15, 0.2) is 0 Å². The summed E-state index contributed by atoms with van der Waals surface area (Å²) in [5, 5.41) is 0. The number of aryl methyl sites for hydroxylation is 1. The molecule has 4 rings (SSSR count). The van der Waals surface area contributed by atoms with E-state index in [4.69, 9.17) is 0 Å². The average Bonchev–Trinajstić information content (AvgIpc) is 3.45. The van der Waals surface area contributed by atoms with Gasteiger partial charge in [0.1, 0.15) is 11.5 Å². The molecule has 128 valence electrons. The molecule has 1 saturated carbocycles. The molecule has 3 aromatic rings. The summed E-state index contributed by atoms with van der Waals surface area (Å²) < 4.78 is 15.7. The number of hydrogen-bond donors (Lipinski definition) is 0. The first-order chi connectivity index (χ1) is 12.1. The van der Waals surface area contributed by atoms with E-state index in [9.17, 15) is 9.18 Å². The second-order valence-corrected chi connectivity index (χ2v) is 6.64. The van der Waals surface area contributed by atoms with E-state index in [1.165, 1.54) is 6.07 Å². The van der Waals surface area contributed by atoms with Crippen LogP contribution in [0.4, 0.5) is 4.39 Å². The molecule has 1 aliphatic carbocycles. The van der Waals surface area contributed by atoms with Crippen LogP contribution in [0.15, 0.2) is 53.3 Å². The van der Waals surface area contributed by atoms with Crippen molar-refractivity contribution >= 4 is 11.0 Å². The Bertz CT molecular complexity index is 978. The Kier molecular flexibility index (Phi) is 4.09. The maximum atomic E-state index is 14.0. The number of para-hydroxylation sites is 2. The van der Waals surface area contributed by atoms with Crippen LogP contribution in [0.5, 0.6) is 0 Å². The van der Waals surface area contributed by atoms with Gasteiger partial charge in [0.05, 0.1) is 11.0 Å². The molecular formula is C20H20FN3O. The van der Waals surface area contributed by atoms with Crippen LogP contribution < -0.4 is 5.56 Å². The highest BCUT2D eigenvalue weighted by Crippen LogP contribution is 2.29. The van der Waals surface area contributed by atoms with E-state index >= 15 is 0 Å². The average molecular weight is 337 g/mol. The first-order valence-corrected chi connectivity index (χ1v) is 8.55. The molecule has 0 amide bonds. The number of rotatable bonds is 5. The third kappa shape index (κ3) is 3.20. The van der Waals surface area contributed by atoms with Gasteiger partial charge in [-0.05, 0) is 31.0 Å². The molecule has 0 unspecified atom stereocenters. The van der Waals surface area contributed by atoms with Crippen molar-refractivity contribution in [2.24, 2.45) is 7.05 Å². The van der Waals surface area contributed by atoms with Crippen molar-refractivity contribution in [2.75, 3.05) is 0 Å². The van der Waals surface area contributed by atoms with Crippen molar-refractivity contribution in [3.05, 3.63) is 76.0 Å². The Balaban J connectivity index is 1.67. The largest absolute Gasteiger partial charge is 0.308 e. The van der Waals surface area contributed by atoms with E-state index in [1.54, 1.807) is 23.7 Å². The molecule has 0 radical (unpaired) electrons. The highest BCUT2D eigenvalue weighted by atomic mass is 19.1. The molecule has 1 aromatic heterocycles. The lowest BCUT2D eigenvalue weighted by Crippen LogP contribution is -2.32. The Morgan fingerprint density at radius 1 is 1.12 bits per heavy atom. The molecule has 0 bridgehead atoms. The fraction of sp³-hybridized carbons (Fsp3) is 0.300. The van der Waals surface area contributed by atoms with Gasteiger partial charge in [-0.1, -0.05) is 30.3 Å². The van der Waals surface area contributed by atoms with Crippen molar-refractivity contribution < 1.29 is 4.39 Å². The zero-order valence-corrected chi connectivity index (χ0v) is 14.2. The molecule has 1 aliphatic rings. The van der Waals surface area contributed by atoms with E-state index in [0.717, 1.165) is 23.9 Å². The fourth-order valence-corrected chi connectivity index (χ4v) is 3.23. The van der Waals surface area contributed by atoms with Crippen LogP contribution in [0.2, 0.25) is 0 Å². The lowest BCUT2D eigenvalue weighted by molar-refractivity contribution is 0.238. The summed E-state index contributed by atoms with van der Waals surface area (Å²) in [4.78, 5) is 19.4. The summed E-state index contributed by atoms with van der Waals surface area (Å²) in [6.45, 7) is 0.936. The predicted molar refractivity (Wildman–Crippen MR) is 95.7 cm³/mol. The van der Waals surface area contributed by atoms with Gasteiger partial charge in [-0.3, -0.25) is 9.69 Å². The van der Waals surface area contributed by atoms with Gasteiger partial charge in [-0.15, -0.1) is 0 Å². The number of hydrogen-bond acceptors (Lipinski definition) is 3. The summed E-state index contributed by atoms with van der Waals surface area (Å²) in [6, 6.07) is 14.8. The standard InChI is InChI=1S/C20H20FN3O/c1-23-19-9-5-4-8-17(19)22-18(20(23)25)13-24(15-10-11-15)12-14-6-2-3-7-16(14)21/h2-9,15H,10-13H2,1H3. The zero-order chi connectivity index (χ0) is 17.4. The second kappa shape index (κ2) is 6.41. The highest BCUT2D eigenvalue weighted by molar-refractivity contribution is 5.74. The van der Waals surface area contributed by atoms with E-state index in [1.807, 2.05) is 30.3 Å². The van der Waals surface area contributed by atoms with Crippen molar-refractivity contribution in [3.63, 3.8) is 0 Å². The fourth-order valence-electron chi connectivity index (χ4n) is 3.23. The molecule has 0 saturated heterocycles. The molecule has 25 heavy (non-hydrogen) atoms. The van der Waals surface area contributed by atoms with Crippen LogP contribution in [-0.2, 0) is 20.1 Å². The van der Waals surface area contributed by atoms with E-state index in [-0.39, 0.29) is 11.4 Å².